The molecule has 1 aromatic heterocycles. The number of amides is 1. The summed E-state index contributed by atoms with van der Waals surface area (Å²) in [5.41, 5.74) is 7.64. The first-order valence-electron chi connectivity index (χ1n) is 12.8. The van der Waals surface area contributed by atoms with Crippen molar-refractivity contribution < 1.29 is 14.3 Å². The van der Waals surface area contributed by atoms with Crippen LogP contribution in [0.15, 0.2) is 103 Å². The molecule has 0 atom stereocenters. The molecule has 0 aliphatic heterocycles. The van der Waals surface area contributed by atoms with Crippen molar-refractivity contribution in [3.05, 3.63) is 120 Å². The van der Waals surface area contributed by atoms with Crippen molar-refractivity contribution >= 4 is 17.6 Å². The van der Waals surface area contributed by atoms with Gasteiger partial charge in [0, 0.05) is 18.2 Å². The zero-order valence-corrected chi connectivity index (χ0v) is 22.1. The maximum Gasteiger partial charge on any atom is 0.309 e. The molecular weight excluding hydrogens is 486 g/mol. The molecule has 6 heteroatoms. The van der Waals surface area contributed by atoms with Gasteiger partial charge in [-0.05, 0) is 54.8 Å². The molecule has 1 amide bonds. The van der Waals surface area contributed by atoms with Gasteiger partial charge in [0.25, 0.3) is 0 Å². The van der Waals surface area contributed by atoms with E-state index in [0.717, 1.165) is 33.5 Å². The number of hydrogen-bond donors (Lipinski definition) is 1. The summed E-state index contributed by atoms with van der Waals surface area (Å²) in [4.78, 5) is 24.9. The van der Waals surface area contributed by atoms with E-state index in [2.05, 4.69) is 11.4 Å². The minimum Gasteiger partial charge on any atom is -0.407 e. The quantitative estimate of drug-likeness (QED) is 0.239. The van der Waals surface area contributed by atoms with Gasteiger partial charge in [0.15, 0.2) is 0 Å². The molecule has 194 valence electrons. The summed E-state index contributed by atoms with van der Waals surface area (Å²) in [7, 11) is 0. The topological polar surface area (TPSA) is 73.2 Å². The molecule has 6 nitrogen and oxygen atoms in total. The normalized spacial score (nSPS) is 10.7. The number of ether oxygens (including phenoxy) is 1. The van der Waals surface area contributed by atoms with E-state index in [-0.39, 0.29) is 5.91 Å². The summed E-state index contributed by atoms with van der Waals surface area (Å²) >= 11 is 0. The maximum atomic E-state index is 12.6. The lowest BCUT2D eigenvalue weighted by Crippen LogP contribution is -2.14. The smallest absolute Gasteiger partial charge is 0.309 e. The average Bonchev–Trinajstić information content (AvgIpc) is 3.28. The van der Waals surface area contributed by atoms with Gasteiger partial charge in [-0.2, -0.15) is 9.78 Å². The third kappa shape index (κ3) is 5.80. The number of para-hydroxylation sites is 1. The lowest BCUT2D eigenvalue weighted by Gasteiger charge is -2.12. The van der Waals surface area contributed by atoms with Crippen molar-refractivity contribution in [1.29, 1.82) is 0 Å². The molecule has 0 radical (unpaired) electrons. The first-order chi connectivity index (χ1) is 18.9. The molecule has 39 heavy (non-hydrogen) atoms. The van der Waals surface area contributed by atoms with Crippen LogP contribution in [-0.4, -0.2) is 21.7 Å². The number of carbonyl (C=O) groups excluding carboxylic acids is 2. The highest BCUT2D eigenvalue weighted by Gasteiger charge is 2.25. The van der Waals surface area contributed by atoms with E-state index in [4.69, 9.17) is 9.84 Å². The number of carbonyl (C=O) groups is 2. The van der Waals surface area contributed by atoms with E-state index in [0.29, 0.717) is 29.2 Å². The van der Waals surface area contributed by atoms with Crippen LogP contribution in [0.5, 0.6) is 5.88 Å². The Hall–Kier alpha value is -4.97. The second kappa shape index (κ2) is 11.2. The SMILES string of the molecule is CC(=O)Oc1c(-c2ccc(NC(=O)Cc3ccccc3)cc2)c(-c2cccc(C)c2)nn1-c1ccccc1C. The van der Waals surface area contributed by atoms with E-state index < -0.39 is 5.97 Å². The minimum atomic E-state index is -0.438. The number of nitrogens with one attached hydrogen (secondary N) is 1. The predicted octanol–water partition coefficient (Wildman–Crippen LogP) is 6.93. The predicted molar refractivity (Wildman–Crippen MR) is 154 cm³/mol. The molecule has 5 aromatic rings. The second-order valence-electron chi connectivity index (χ2n) is 9.48. The number of aryl methyl sites for hydroxylation is 2. The summed E-state index contributed by atoms with van der Waals surface area (Å²) in [6.45, 7) is 5.41. The number of anilines is 1. The van der Waals surface area contributed by atoms with Crippen LogP contribution >= 0.6 is 0 Å². The third-order valence-corrected chi connectivity index (χ3v) is 6.38. The van der Waals surface area contributed by atoms with E-state index in [1.165, 1.54) is 6.92 Å². The van der Waals surface area contributed by atoms with Gasteiger partial charge in [0.1, 0.15) is 5.69 Å². The highest BCUT2D eigenvalue weighted by Crippen LogP contribution is 2.41. The number of benzene rings is 4. The Kier molecular flexibility index (Phi) is 7.37. The van der Waals surface area contributed by atoms with Crippen LogP contribution in [0.2, 0.25) is 0 Å². The van der Waals surface area contributed by atoms with Crippen molar-refractivity contribution in [2.45, 2.75) is 27.2 Å². The summed E-state index contributed by atoms with van der Waals surface area (Å²) < 4.78 is 7.52. The molecule has 1 N–H and O–H groups in total. The molecule has 0 aliphatic rings. The van der Waals surface area contributed by atoms with Gasteiger partial charge >= 0.3 is 5.97 Å². The summed E-state index contributed by atoms with van der Waals surface area (Å²) in [5.74, 6) is -0.192. The van der Waals surface area contributed by atoms with Gasteiger partial charge < -0.3 is 10.1 Å². The van der Waals surface area contributed by atoms with Crippen LogP contribution in [-0.2, 0) is 16.0 Å². The molecular formula is C33H29N3O3. The molecule has 0 unspecified atom stereocenters. The van der Waals surface area contributed by atoms with Crippen molar-refractivity contribution in [3.8, 4) is 34.0 Å². The maximum absolute atomic E-state index is 12.6. The lowest BCUT2D eigenvalue weighted by atomic mass is 10.00. The van der Waals surface area contributed by atoms with E-state index in [1.54, 1.807) is 4.68 Å². The Balaban J connectivity index is 1.58. The van der Waals surface area contributed by atoms with Crippen molar-refractivity contribution in [2.75, 3.05) is 5.32 Å². The minimum absolute atomic E-state index is 0.0950. The molecule has 0 bridgehead atoms. The van der Waals surface area contributed by atoms with Gasteiger partial charge in [-0.1, -0.05) is 84.4 Å². The number of hydrogen-bond acceptors (Lipinski definition) is 4. The molecule has 0 spiro atoms. The van der Waals surface area contributed by atoms with Crippen LogP contribution < -0.4 is 10.1 Å². The lowest BCUT2D eigenvalue weighted by molar-refractivity contribution is -0.132. The molecule has 0 aliphatic carbocycles. The molecule has 0 saturated carbocycles. The molecule has 0 fully saturated rings. The van der Waals surface area contributed by atoms with Crippen LogP contribution in [0, 0.1) is 13.8 Å². The first kappa shape index (κ1) is 25.7. The Morgan fingerprint density at radius 1 is 0.821 bits per heavy atom. The van der Waals surface area contributed by atoms with Crippen LogP contribution in [0.3, 0.4) is 0 Å². The summed E-state index contributed by atoms with van der Waals surface area (Å²) in [6.07, 6.45) is 0.292. The number of esters is 1. The average molecular weight is 516 g/mol. The van der Waals surface area contributed by atoms with E-state index in [9.17, 15) is 9.59 Å². The van der Waals surface area contributed by atoms with Gasteiger partial charge in [0.2, 0.25) is 11.8 Å². The Morgan fingerprint density at radius 3 is 2.23 bits per heavy atom. The van der Waals surface area contributed by atoms with Crippen molar-refractivity contribution in [1.82, 2.24) is 9.78 Å². The standard InChI is InChI=1S/C33H29N3O3/c1-22-10-9-14-27(20-22)32-31(33(39-24(3)37)36(35-32)29-15-8-7-11-23(29)2)26-16-18-28(19-17-26)34-30(38)21-25-12-5-4-6-13-25/h4-20H,21H2,1-3H3,(H,34,38). The monoisotopic (exact) mass is 515 g/mol. The fraction of sp³-hybridized carbons (Fsp3) is 0.121. The second-order valence-corrected chi connectivity index (χ2v) is 9.48. The molecule has 4 aromatic carbocycles. The number of rotatable bonds is 7. The summed E-state index contributed by atoms with van der Waals surface area (Å²) in [6, 6.07) is 33.0. The van der Waals surface area contributed by atoms with E-state index >= 15 is 0 Å². The van der Waals surface area contributed by atoms with Crippen molar-refractivity contribution in [3.63, 3.8) is 0 Å². The fourth-order valence-electron chi connectivity index (χ4n) is 4.56. The Bertz CT molecular complexity index is 1640. The highest BCUT2D eigenvalue weighted by molar-refractivity contribution is 5.93. The van der Waals surface area contributed by atoms with Crippen LogP contribution in [0.25, 0.3) is 28.1 Å². The molecule has 0 saturated heterocycles. The zero-order valence-electron chi connectivity index (χ0n) is 22.1. The largest absolute Gasteiger partial charge is 0.407 e. The zero-order chi connectivity index (χ0) is 27.4. The summed E-state index contributed by atoms with van der Waals surface area (Å²) in [5, 5.41) is 7.93. The van der Waals surface area contributed by atoms with E-state index in [1.807, 2.05) is 111 Å². The van der Waals surface area contributed by atoms with Gasteiger partial charge in [0.05, 0.1) is 17.7 Å². The number of aromatic nitrogens is 2. The Labute approximate surface area is 227 Å². The molecule has 5 rings (SSSR count). The first-order valence-corrected chi connectivity index (χ1v) is 12.8. The number of nitrogens with zero attached hydrogens (tertiary/aromatic N) is 2. The van der Waals surface area contributed by atoms with Gasteiger partial charge in [-0.25, -0.2) is 0 Å². The van der Waals surface area contributed by atoms with Crippen LogP contribution in [0.4, 0.5) is 5.69 Å². The molecule has 1 heterocycles. The van der Waals surface area contributed by atoms with Crippen LogP contribution in [0.1, 0.15) is 23.6 Å². The third-order valence-electron chi connectivity index (χ3n) is 6.38. The van der Waals surface area contributed by atoms with Crippen molar-refractivity contribution in [2.24, 2.45) is 0 Å². The van der Waals surface area contributed by atoms with Gasteiger partial charge in [-0.15, -0.1) is 0 Å². The van der Waals surface area contributed by atoms with Gasteiger partial charge in [-0.3, -0.25) is 9.59 Å². The highest BCUT2D eigenvalue weighted by atomic mass is 16.5. The fourth-order valence-corrected chi connectivity index (χ4v) is 4.56. The Morgan fingerprint density at radius 2 is 1.54 bits per heavy atom.